The average Bonchev–Trinajstić information content (AvgIpc) is 2.75. The van der Waals surface area contributed by atoms with Gasteiger partial charge in [-0.1, -0.05) is 5.16 Å². The first-order valence-electron chi connectivity index (χ1n) is 5.00. The molecule has 3 N–H and O–H groups in total. The van der Waals surface area contributed by atoms with Gasteiger partial charge in [-0.25, -0.2) is 0 Å². The van der Waals surface area contributed by atoms with E-state index in [9.17, 15) is 4.79 Å². The normalized spacial score (nSPS) is 16.0. The van der Waals surface area contributed by atoms with Gasteiger partial charge in [0.1, 0.15) is 5.84 Å². The fourth-order valence-electron chi connectivity index (χ4n) is 1.76. The molecule has 0 aromatic carbocycles. The second-order valence-electron chi connectivity index (χ2n) is 3.70. The Labute approximate surface area is 97.2 Å². The molecule has 0 saturated heterocycles. The molecule has 1 aliphatic heterocycles. The van der Waals surface area contributed by atoms with E-state index in [1.807, 2.05) is 11.4 Å². The van der Waals surface area contributed by atoms with Crippen LogP contribution < -0.4 is 5.73 Å². The van der Waals surface area contributed by atoms with Crippen molar-refractivity contribution in [3.05, 3.63) is 21.9 Å². The largest absolute Gasteiger partial charge is 0.409 e. The Balaban J connectivity index is 2.01. The summed E-state index contributed by atoms with van der Waals surface area (Å²) < 4.78 is 0. The van der Waals surface area contributed by atoms with E-state index in [-0.39, 0.29) is 18.2 Å². The van der Waals surface area contributed by atoms with Gasteiger partial charge in [0, 0.05) is 18.0 Å². The predicted molar refractivity (Wildman–Crippen MR) is 61.5 cm³/mol. The summed E-state index contributed by atoms with van der Waals surface area (Å²) in [5.41, 5.74) is 6.52. The van der Waals surface area contributed by atoms with Gasteiger partial charge in [0.05, 0.1) is 6.42 Å². The molecule has 0 atom stereocenters. The number of oxime groups is 1. The lowest BCUT2D eigenvalue weighted by Gasteiger charge is -2.26. The zero-order chi connectivity index (χ0) is 11.5. The summed E-state index contributed by atoms with van der Waals surface area (Å²) in [6, 6.07) is 2.04. The van der Waals surface area contributed by atoms with Gasteiger partial charge in [0.25, 0.3) is 0 Å². The van der Waals surface area contributed by atoms with Crippen LogP contribution >= 0.6 is 11.3 Å². The van der Waals surface area contributed by atoms with Crippen molar-refractivity contribution in [2.45, 2.75) is 19.4 Å². The lowest BCUT2D eigenvalue weighted by molar-refractivity contribution is -0.130. The molecule has 86 valence electrons. The number of hydrogen-bond acceptors (Lipinski definition) is 4. The number of hydrogen-bond donors (Lipinski definition) is 2. The number of rotatable bonds is 2. The first-order valence-corrected chi connectivity index (χ1v) is 5.88. The topological polar surface area (TPSA) is 78.9 Å². The molecular weight excluding hydrogens is 226 g/mol. The number of amidine groups is 1. The maximum atomic E-state index is 11.8. The highest BCUT2D eigenvalue weighted by Crippen LogP contribution is 2.24. The summed E-state index contributed by atoms with van der Waals surface area (Å²) in [5, 5.41) is 13.3. The lowest BCUT2D eigenvalue weighted by Crippen LogP contribution is -2.37. The van der Waals surface area contributed by atoms with E-state index < -0.39 is 0 Å². The van der Waals surface area contributed by atoms with Crippen LogP contribution in [-0.4, -0.2) is 28.4 Å². The summed E-state index contributed by atoms with van der Waals surface area (Å²) in [6.45, 7) is 1.35. The molecule has 6 heteroatoms. The average molecular weight is 239 g/mol. The van der Waals surface area contributed by atoms with E-state index >= 15 is 0 Å². The standard InChI is InChI=1S/C10H13N3O2S/c11-9(12-15)5-10(14)13-3-1-8-7(6-13)2-4-16-8/h2,4,15H,1,3,5-6H2,(H2,11,12). The fourth-order valence-corrected chi connectivity index (χ4v) is 2.65. The van der Waals surface area contributed by atoms with E-state index in [0.29, 0.717) is 13.1 Å². The van der Waals surface area contributed by atoms with Crippen molar-refractivity contribution >= 4 is 23.1 Å². The van der Waals surface area contributed by atoms with Crippen LogP contribution in [0.25, 0.3) is 0 Å². The van der Waals surface area contributed by atoms with Gasteiger partial charge in [0.2, 0.25) is 5.91 Å². The number of nitrogens with two attached hydrogens (primary N) is 1. The molecule has 0 bridgehead atoms. The van der Waals surface area contributed by atoms with Crippen molar-refractivity contribution in [1.82, 2.24) is 4.90 Å². The summed E-state index contributed by atoms with van der Waals surface area (Å²) in [5.74, 6) is -0.131. The van der Waals surface area contributed by atoms with Crippen LogP contribution in [0.4, 0.5) is 0 Å². The van der Waals surface area contributed by atoms with Crippen molar-refractivity contribution in [3.8, 4) is 0 Å². The first kappa shape index (κ1) is 10.9. The second kappa shape index (κ2) is 4.52. The Kier molecular flexibility index (Phi) is 3.09. The Hall–Kier alpha value is -1.56. The van der Waals surface area contributed by atoms with Crippen LogP contribution in [0.3, 0.4) is 0 Å². The minimum absolute atomic E-state index is 0.0179. The van der Waals surface area contributed by atoms with Gasteiger partial charge in [0.15, 0.2) is 0 Å². The van der Waals surface area contributed by atoms with Crippen LogP contribution in [-0.2, 0) is 17.8 Å². The zero-order valence-corrected chi connectivity index (χ0v) is 9.54. The van der Waals surface area contributed by atoms with E-state index in [4.69, 9.17) is 10.9 Å². The fraction of sp³-hybridized carbons (Fsp3) is 0.400. The van der Waals surface area contributed by atoms with Crippen LogP contribution in [0.5, 0.6) is 0 Å². The third-order valence-corrected chi connectivity index (χ3v) is 3.64. The Morgan fingerprint density at radius 2 is 2.50 bits per heavy atom. The molecule has 0 radical (unpaired) electrons. The number of amides is 1. The molecule has 1 aromatic heterocycles. The summed E-state index contributed by atoms with van der Waals surface area (Å²) in [4.78, 5) is 14.9. The third kappa shape index (κ3) is 2.16. The smallest absolute Gasteiger partial charge is 0.230 e. The first-order chi connectivity index (χ1) is 7.70. The molecule has 2 rings (SSSR count). The molecule has 0 spiro atoms. The van der Waals surface area contributed by atoms with Gasteiger partial charge in [-0.15, -0.1) is 11.3 Å². The number of carbonyl (C=O) groups excluding carboxylic acids is 1. The number of carbonyl (C=O) groups is 1. The molecule has 1 aliphatic rings. The monoisotopic (exact) mass is 239 g/mol. The van der Waals surface area contributed by atoms with Crippen LogP contribution in [0.15, 0.2) is 16.6 Å². The maximum Gasteiger partial charge on any atom is 0.230 e. The molecule has 16 heavy (non-hydrogen) atoms. The highest BCUT2D eigenvalue weighted by Gasteiger charge is 2.21. The minimum atomic E-state index is -0.0906. The molecule has 1 amide bonds. The van der Waals surface area contributed by atoms with Crippen LogP contribution in [0.2, 0.25) is 0 Å². The molecule has 0 fully saturated rings. The SMILES string of the molecule is N/C(CC(=O)N1CCc2sccc2C1)=N\O. The van der Waals surface area contributed by atoms with Crippen molar-refractivity contribution in [1.29, 1.82) is 0 Å². The highest BCUT2D eigenvalue weighted by molar-refractivity contribution is 7.10. The number of nitrogens with zero attached hydrogens (tertiary/aromatic N) is 2. The van der Waals surface area contributed by atoms with E-state index in [1.165, 1.54) is 10.4 Å². The molecule has 2 heterocycles. The maximum absolute atomic E-state index is 11.8. The Morgan fingerprint density at radius 1 is 1.69 bits per heavy atom. The molecule has 5 nitrogen and oxygen atoms in total. The van der Waals surface area contributed by atoms with Crippen molar-refractivity contribution in [2.75, 3.05) is 6.54 Å². The van der Waals surface area contributed by atoms with Gasteiger partial charge >= 0.3 is 0 Å². The van der Waals surface area contributed by atoms with Gasteiger partial charge in [-0.05, 0) is 23.4 Å². The molecule has 0 unspecified atom stereocenters. The van der Waals surface area contributed by atoms with Gasteiger partial charge in [-0.2, -0.15) is 0 Å². The van der Waals surface area contributed by atoms with Crippen LogP contribution in [0.1, 0.15) is 16.9 Å². The van der Waals surface area contributed by atoms with Crippen molar-refractivity contribution in [2.24, 2.45) is 10.9 Å². The zero-order valence-electron chi connectivity index (χ0n) is 8.72. The second-order valence-corrected chi connectivity index (χ2v) is 4.70. The Bertz CT molecular complexity index is 427. The highest BCUT2D eigenvalue weighted by atomic mass is 32.1. The lowest BCUT2D eigenvalue weighted by atomic mass is 10.1. The molecular formula is C10H13N3O2S. The Morgan fingerprint density at radius 3 is 3.25 bits per heavy atom. The van der Waals surface area contributed by atoms with Crippen molar-refractivity contribution < 1.29 is 10.0 Å². The van der Waals surface area contributed by atoms with E-state index in [2.05, 4.69) is 5.16 Å². The summed E-state index contributed by atoms with van der Waals surface area (Å²) in [7, 11) is 0. The van der Waals surface area contributed by atoms with Crippen molar-refractivity contribution in [3.63, 3.8) is 0 Å². The van der Waals surface area contributed by atoms with Crippen LogP contribution in [0, 0.1) is 0 Å². The summed E-state index contributed by atoms with van der Waals surface area (Å²) >= 11 is 1.73. The third-order valence-electron chi connectivity index (χ3n) is 2.62. The van der Waals surface area contributed by atoms with E-state index in [1.54, 1.807) is 16.2 Å². The van der Waals surface area contributed by atoms with E-state index in [0.717, 1.165) is 6.42 Å². The van der Waals surface area contributed by atoms with Gasteiger partial charge < -0.3 is 15.8 Å². The minimum Gasteiger partial charge on any atom is -0.409 e. The quantitative estimate of drug-likeness (QED) is 0.346. The predicted octanol–water partition coefficient (Wildman–Crippen LogP) is 0.769. The molecule has 1 aromatic rings. The molecule has 0 aliphatic carbocycles. The van der Waals surface area contributed by atoms with Gasteiger partial charge in [-0.3, -0.25) is 4.79 Å². The number of thiophene rings is 1. The molecule has 0 saturated carbocycles. The summed E-state index contributed by atoms with van der Waals surface area (Å²) in [6.07, 6.45) is 0.880. The number of fused-ring (bicyclic) bond motifs is 1.